The van der Waals surface area contributed by atoms with Gasteiger partial charge in [-0.25, -0.2) is 0 Å². The molecular weight excluding hydrogens is 378 g/mol. The van der Waals surface area contributed by atoms with E-state index in [2.05, 4.69) is 23.1 Å². The number of benzene rings is 2. The third-order valence-electron chi connectivity index (χ3n) is 6.42. The SMILES string of the molecule is O=C(C1CN(CC(=O)N2CCc3ccccc32)CCO1)N1CCc2ccccc2C1. The lowest BCUT2D eigenvalue weighted by Crippen LogP contribution is -2.53. The van der Waals surface area contributed by atoms with Gasteiger partial charge in [0.1, 0.15) is 6.10 Å². The van der Waals surface area contributed by atoms with Crippen LogP contribution in [-0.2, 0) is 33.7 Å². The summed E-state index contributed by atoms with van der Waals surface area (Å²) in [7, 11) is 0. The molecule has 156 valence electrons. The maximum Gasteiger partial charge on any atom is 0.253 e. The molecule has 0 aromatic heterocycles. The summed E-state index contributed by atoms with van der Waals surface area (Å²) in [6.07, 6.45) is 1.29. The Kier molecular flexibility index (Phi) is 5.27. The second-order valence-electron chi connectivity index (χ2n) is 8.30. The number of para-hydroxylation sites is 1. The van der Waals surface area contributed by atoms with Gasteiger partial charge in [0, 0.05) is 38.4 Å². The number of fused-ring (bicyclic) bond motifs is 2. The maximum absolute atomic E-state index is 13.1. The minimum Gasteiger partial charge on any atom is -0.366 e. The van der Waals surface area contributed by atoms with Crippen LogP contribution in [0.3, 0.4) is 0 Å². The molecule has 30 heavy (non-hydrogen) atoms. The van der Waals surface area contributed by atoms with Gasteiger partial charge in [0.2, 0.25) is 5.91 Å². The molecule has 0 bridgehead atoms. The average Bonchev–Trinajstić information content (AvgIpc) is 3.23. The zero-order chi connectivity index (χ0) is 20.5. The molecule has 3 aliphatic heterocycles. The second kappa shape index (κ2) is 8.20. The van der Waals surface area contributed by atoms with E-state index in [0.717, 1.165) is 31.6 Å². The fraction of sp³-hybridized carbons (Fsp3) is 0.417. The van der Waals surface area contributed by atoms with Crippen molar-refractivity contribution in [3.05, 3.63) is 65.2 Å². The Labute approximate surface area is 177 Å². The highest BCUT2D eigenvalue weighted by Crippen LogP contribution is 2.27. The highest BCUT2D eigenvalue weighted by Gasteiger charge is 2.33. The summed E-state index contributed by atoms with van der Waals surface area (Å²) in [6.45, 7) is 4.04. The molecule has 2 aromatic rings. The second-order valence-corrected chi connectivity index (χ2v) is 8.30. The molecule has 0 saturated carbocycles. The van der Waals surface area contributed by atoms with Crippen LogP contribution in [0.4, 0.5) is 5.69 Å². The first-order valence-corrected chi connectivity index (χ1v) is 10.8. The van der Waals surface area contributed by atoms with Crippen molar-refractivity contribution in [2.45, 2.75) is 25.5 Å². The molecule has 1 saturated heterocycles. The van der Waals surface area contributed by atoms with Crippen LogP contribution in [0.1, 0.15) is 16.7 Å². The van der Waals surface area contributed by atoms with E-state index in [-0.39, 0.29) is 11.8 Å². The maximum atomic E-state index is 13.1. The van der Waals surface area contributed by atoms with E-state index >= 15 is 0 Å². The first-order valence-electron chi connectivity index (χ1n) is 10.8. The lowest BCUT2D eigenvalue weighted by molar-refractivity contribution is -0.151. The van der Waals surface area contributed by atoms with Crippen LogP contribution in [0, 0.1) is 0 Å². The summed E-state index contributed by atoms with van der Waals surface area (Å²) in [5.41, 5.74) is 4.79. The van der Waals surface area contributed by atoms with E-state index in [1.165, 1.54) is 16.7 Å². The van der Waals surface area contributed by atoms with Gasteiger partial charge < -0.3 is 14.5 Å². The fourth-order valence-electron chi connectivity index (χ4n) is 4.76. The minimum absolute atomic E-state index is 0.0353. The number of carbonyl (C=O) groups is 2. The van der Waals surface area contributed by atoms with E-state index < -0.39 is 6.10 Å². The van der Waals surface area contributed by atoms with Gasteiger partial charge in [-0.3, -0.25) is 14.5 Å². The molecule has 2 amide bonds. The Balaban J connectivity index is 1.20. The van der Waals surface area contributed by atoms with Crippen LogP contribution in [-0.4, -0.2) is 67.0 Å². The quantitative estimate of drug-likeness (QED) is 0.782. The number of hydrogen-bond acceptors (Lipinski definition) is 4. The highest BCUT2D eigenvalue weighted by molar-refractivity contribution is 5.96. The number of hydrogen-bond donors (Lipinski definition) is 0. The molecular formula is C24H27N3O3. The van der Waals surface area contributed by atoms with Gasteiger partial charge >= 0.3 is 0 Å². The molecule has 1 atom stereocenters. The lowest BCUT2D eigenvalue weighted by Gasteiger charge is -2.36. The standard InChI is InChI=1S/C24H27N3O3/c28-23(27-12-10-19-6-3-4-8-21(19)27)17-25-13-14-30-22(16-25)24(29)26-11-9-18-5-1-2-7-20(18)15-26/h1-8,22H,9-17H2. The van der Waals surface area contributed by atoms with E-state index in [0.29, 0.717) is 32.8 Å². The molecule has 6 nitrogen and oxygen atoms in total. The van der Waals surface area contributed by atoms with Gasteiger partial charge in [-0.05, 0) is 35.6 Å². The highest BCUT2D eigenvalue weighted by atomic mass is 16.5. The van der Waals surface area contributed by atoms with Crippen molar-refractivity contribution >= 4 is 17.5 Å². The van der Waals surface area contributed by atoms with Crippen molar-refractivity contribution in [3.63, 3.8) is 0 Å². The van der Waals surface area contributed by atoms with Crippen molar-refractivity contribution in [1.82, 2.24) is 9.80 Å². The minimum atomic E-state index is -0.498. The largest absolute Gasteiger partial charge is 0.366 e. The molecule has 0 aliphatic carbocycles. The molecule has 3 heterocycles. The summed E-state index contributed by atoms with van der Waals surface area (Å²) >= 11 is 0. The van der Waals surface area contributed by atoms with Gasteiger partial charge in [-0.2, -0.15) is 0 Å². The van der Waals surface area contributed by atoms with Crippen molar-refractivity contribution in [3.8, 4) is 0 Å². The lowest BCUT2D eigenvalue weighted by atomic mass is 9.99. The summed E-state index contributed by atoms with van der Waals surface area (Å²) in [5, 5.41) is 0. The number of nitrogens with zero attached hydrogens (tertiary/aromatic N) is 3. The normalized spacial score (nSPS) is 21.3. The molecule has 2 aromatic carbocycles. The van der Waals surface area contributed by atoms with E-state index in [1.54, 1.807) is 0 Å². The van der Waals surface area contributed by atoms with Crippen molar-refractivity contribution < 1.29 is 14.3 Å². The van der Waals surface area contributed by atoms with Crippen LogP contribution in [0.5, 0.6) is 0 Å². The fourth-order valence-corrected chi connectivity index (χ4v) is 4.76. The Morgan fingerprint density at radius 2 is 1.63 bits per heavy atom. The predicted molar refractivity (Wildman–Crippen MR) is 114 cm³/mol. The number of carbonyl (C=O) groups excluding carboxylic acids is 2. The van der Waals surface area contributed by atoms with Crippen LogP contribution in [0.2, 0.25) is 0 Å². The Bertz CT molecular complexity index is 960. The number of ether oxygens (including phenoxy) is 1. The molecule has 3 aliphatic rings. The van der Waals surface area contributed by atoms with Gasteiger partial charge in [0.05, 0.1) is 13.2 Å². The summed E-state index contributed by atoms with van der Waals surface area (Å²) in [4.78, 5) is 31.9. The van der Waals surface area contributed by atoms with Crippen LogP contribution in [0.15, 0.2) is 48.5 Å². The van der Waals surface area contributed by atoms with Gasteiger partial charge in [-0.1, -0.05) is 42.5 Å². The van der Waals surface area contributed by atoms with Gasteiger partial charge in [-0.15, -0.1) is 0 Å². The monoisotopic (exact) mass is 405 g/mol. The summed E-state index contributed by atoms with van der Waals surface area (Å²) in [5.74, 6) is 0.133. The third kappa shape index (κ3) is 3.73. The van der Waals surface area contributed by atoms with Crippen molar-refractivity contribution in [1.29, 1.82) is 0 Å². The van der Waals surface area contributed by atoms with Crippen molar-refractivity contribution in [2.75, 3.05) is 44.2 Å². The molecule has 0 radical (unpaired) electrons. The molecule has 1 fully saturated rings. The zero-order valence-electron chi connectivity index (χ0n) is 17.1. The molecule has 6 heteroatoms. The van der Waals surface area contributed by atoms with E-state index in [9.17, 15) is 9.59 Å². The zero-order valence-corrected chi connectivity index (χ0v) is 17.1. The topological polar surface area (TPSA) is 53.1 Å². The first-order chi connectivity index (χ1) is 14.7. The molecule has 0 N–H and O–H groups in total. The van der Waals surface area contributed by atoms with Gasteiger partial charge in [0.15, 0.2) is 0 Å². The molecule has 1 unspecified atom stereocenters. The Morgan fingerprint density at radius 3 is 2.50 bits per heavy atom. The predicted octanol–water partition coefficient (Wildman–Crippen LogP) is 1.86. The van der Waals surface area contributed by atoms with E-state index in [4.69, 9.17) is 4.74 Å². The first kappa shape index (κ1) is 19.3. The van der Waals surface area contributed by atoms with E-state index in [1.807, 2.05) is 40.1 Å². The summed E-state index contributed by atoms with van der Waals surface area (Å²) < 4.78 is 5.82. The number of morpholine rings is 1. The Hall–Kier alpha value is -2.70. The van der Waals surface area contributed by atoms with Crippen molar-refractivity contribution in [2.24, 2.45) is 0 Å². The molecule has 5 rings (SSSR count). The molecule has 0 spiro atoms. The smallest absolute Gasteiger partial charge is 0.253 e. The average molecular weight is 405 g/mol. The van der Waals surface area contributed by atoms with Crippen LogP contribution >= 0.6 is 0 Å². The number of rotatable bonds is 3. The number of anilines is 1. The summed E-state index contributed by atoms with van der Waals surface area (Å²) in [6, 6.07) is 16.4. The third-order valence-corrected chi connectivity index (χ3v) is 6.42. The van der Waals surface area contributed by atoms with Crippen LogP contribution < -0.4 is 4.90 Å². The Morgan fingerprint density at radius 1 is 0.900 bits per heavy atom. The van der Waals surface area contributed by atoms with Crippen LogP contribution in [0.25, 0.3) is 0 Å². The van der Waals surface area contributed by atoms with Gasteiger partial charge in [0.25, 0.3) is 5.91 Å². The number of amides is 2.